The van der Waals surface area contributed by atoms with Crippen LogP contribution in [-0.4, -0.2) is 25.6 Å². The number of hydrogen-bond acceptors (Lipinski definition) is 4. The molecule has 0 saturated heterocycles. The van der Waals surface area contributed by atoms with E-state index in [9.17, 15) is 9.59 Å². The van der Waals surface area contributed by atoms with Gasteiger partial charge in [-0.15, -0.1) is 0 Å². The molecule has 5 nitrogen and oxygen atoms in total. The highest BCUT2D eigenvalue weighted by Crippen LogP contribution is 2.16. The zero-order valence-corrected chi connectivity index (χ0v) is 14.7. The maximum atomic E-state index is 12.3. The third kappa shape index (κ3) is 5.64. The lowest BCUT2D eigenvalue weighted by Gasteiger charge is -2.09. The quantitative estimate of drug-likeness (QED) is 0.768. The van der Waals surface area contributed by atoms with Gasteiger partial charge in [0.1, 0.15) is 5.75 Å². The number of hydrogen-bond donors (Lipinski definition) is 1. The molecule has 0 unspecified atom stereocenters. The first-order valence-corrected chi connectivity index (χ1v) is 8.22. The van der Waals surface area contributed by atoms with Gasteiger partial charge in [-0.1, -0.05) is 13.8 Å². The topological polar surface area (TPSA) is 64.6 Å². The molecule has 0 saturated carbocycles. The summed E-state index contributed by atoms with van der Waals surface area (Å²) in [4.78, 5) is 23.7. The Morgan fingerprint density at radius 3 is 2.12 bits per heavy atom. The van der Waals surface area contributed by atoms with Crippen molar-refractivity contribution in [1.29, 1.82) is 0 Å². The molecule has 0 fully saturated rings. The lowest BCUT2D eigenvalue weighted by Crippen LogP contribution is -2.12. The molecule has 0 spiro atoms. The van der Waals surface area contributed by atoms with Gasteiger partial charge in [0.2, 0.25) is 0 Å². The summed E-state index contributed by atoms with van der Waals surface area (Å²) in [5, 5.41) is 2.79. The smallest absolute Gasteiger partial charge is 0.337 e. The van der Waals surface area contributed by atoms with E-state index in [0.717, 1.165) is 12.2 Å². The fourth-order valence-corrected chi connectivity index (χ4v) is 2.13. The average molecular weight is 341 g/mol. The van der Waals surface area contributed by atoms with Crippen molar-refractivity contribution < 1.29 is 19.1 Å². The third-order valence-corrected chi connectivity index (χ3v) is 3.64. The van der Waals surface area contributed by atoms with Crippen molar-refractivity contribution in [3.63, 3.8) is 0 Å². The highest BCUT2D eigenvalue weighted by Gasteiger charge is 2.08. The summed E-state index contributed by atoms with van der Waals surface area (Å²) < 4.78 is 10.3. The van der Waals surface area contributed by atoms with Gasteiger partial charge in [0, 0.05) is 11.3 Å². The number of amides is 1. The van der Waals surface area contributed by atoms with Gasteiger partial charge < -0.3 is 14.8 Å². The van der Waals surface area contributed by atoms with E-state index < -0.39 is 5.97 Å². The molecule has 2 rings (SSSR count). The van der Waals surface area contributed by atoms with Crippen LogP contribution in [0.4, 0.5) is 5.69 Å². The van der Waals surface area contributed by atoms with Crippen molar-refractivity contribution in [3.8, 4) is 5.75 Å². The Kier molecular flexibility index (Phi) is 6.57. The van der Waals surface area contributed by atoms with Crippen LogP contribution >= 0.6 is 0 Å². The zero-order chi connectivity index (χ0) is 18.2. The van der Waals surface area contributed by atoms with E-state index in [2.05, 4.69) is 23.9 Å². The van der Waals surface area contributed by atoms with E-state index in [1.807, 2.05) is 0 Å². The molecule has 1 N–H and O–H groups in total. The highest BCUT2D eigenvalue weighted by atomic mass is 16.5. The van der Waals surface area contributed by atoms with E-state index in [1.165, 1.54) is 7.11 Å². The van der Waals surface area contributed by atoms with E-state index in [4.69, 9.17) is 4.74 Å². The molecule has 0 radical (unpaired) electrons. The standard InChI is InChI=1S/C20H23NO4/c1-14(2)12-13-25-18-10-6-15(7-11-18)19(22)21-17-8-4-16(5-9-17)20(23)24-3/h4-11,14H,12-13H2,1-3H3,(H,21,22). The van der Waals surface area contributed by atoms with Crippen LogP contribution in [-0.2, 0) is 4.74 Å². The molecule has 0 bridgehead atoms. The lowest BCUT2D eigenvalue weighted by atomic mass is 10.1. The van der Waals surface area contributed by atoms with Crippen molar-refractivity contribution in [2.24, 2.45) is 5.92 Å². The van der Waals surface area contributed by atoms with E-state index >= 15 is 0 Å². The van der Waals surface area contributed by atoms with Crippen LogP contribution in [0.3, 0.4) is 0 Å². The van der Waals surface area contributed by atoms with Gasteiger partial charge in [-0.25, -0.2) is 4.79 Å². The van der Waals surface area contributed by atoms with Crippen LogP contribution in [0.15, 0.2) is 48.5 Å². The summed E-state index contributed by atoms with van der Waals surface area (Å²) in [6.07, 6.45) is 0.990. The Balaban J connectivity index is 1.93. The molecular weight excluding hydrogens is 318 g/mol. The number of anilines is 1. The monoisotopic (exact) mass is 341 g/mol. The molecule has 0 aromatic heterocycles. The van der Waals surface area contributed by atoms with E-state index in [-0.39, 0.29) is 5.91 Å². The SMILES string of the molecule is COC(=O)c1ccc(NC(=O)c2ccc(OCCC(C)C)cc2)cc1. The number of esters is 1. The highest BCUT2D eigenvalue weighted by molar-refractivity contribution is 6.04. The predicted octanol–water partition coefficient (Wildman–Crippen LogP) is 4.15. The minimum absolute atomic E-state index is 0.223. The van der Waals surface area contributed by atoms with Crippen molar-refractivity contribution in [3.05, 3.63) is 59.7 Å². The molecule has 1 amide bonds. The van der Waals surface area contributed by atoms with Gasteiger partial charge in [0.05, 0.1) is 19.3 Å². The Morgan fingerprint density at radius 1 is 0.960 bits per heavy atom. The Labute approximate surface area is 148 Å². The Bertz CT molecular complexity index is 705. The number of benzene rings is 2. The molecule has 0 aliphatic heterocycles. The average Bonchev–Trinajstić information content (AvgIpc) is 2.62. The van der Waals surface area contributed by atoms with Gasteiger partial charge in [-0.3, -0.25) is 4.79 Å². The van der Waals surface area contributed by atoms with Crippen LogP contribution in [0.25, 0.3) is 0 Å². The maximum absolute atomic E-state index is 12.3. The predicted molar refractivity (Wildman–Crippen MR) is 97.1 cm³/mol. The normalized spacial score (nSPS) is 10.4. The van der Waals surface area contributed by atoms with Crippen molar-refractivity contribution >= 4 is 17.6 Å². The lowest BCUT2D eigenvalue weighted by molar-refractivity contribution is 0.0600. The molecule has 2 aromatic rings. The number of methoxy groups -OCH3 is 1. The summed E-state index contributed by atoms with van der Waals surface area (Å²) in [6.45, 7) is 4.96. The van der Waals surface area contributed by atoms with Crippen LogP contribution in [0.2, 0.25) is 0 Å². The van der Waals surface area contributed by atoms with E-state index in [0.29, 0.717) is 29.3 Å². The number of nitrogens with one attached hydrogen (secondary N) is 1. The van der Waals surface area contributed by atoms with Crippen LogP contribution in [0.5, 0.6) is 5.75 Å². The second-order valence-corrected chi connectivity index (χ2v) is 6.08. The first-order valence-electron chi connectivity index (χ1n) is 8.22. The molecule has 0 aliphatic rings. The molecular formula is C20H23NO4. The molecule has 2 aromatic carbocycles. The van der Waals surface area contributed by atoms with Crippen molar-refractivity contribution in [2.45, 2.75) is 20.3 Å². The first-order chi connectivity index (χ1) is 12.0. The summed E-state index contributed by atoms with van der Waals surface area (Å²) in [5.74, 6) is 0.709. The van der Waals surface area contributed by atoms with Crippen molar-refractivity contribution in [2.75, 3.05) is 19.0 Å². The molecule has 25 heavy (non-hydrogen) atoms. The molecule has 5 heteroatoms. The molecule has 0 heterocycles. The molecule has 0 atom stereocenters. The maximum Gasteiger partial charge on any atom is 0.337 e. The Morgan fingerprint density at radius 2 is 1.56 bits per heavy atom. The molecule has 0 aliphatic carbocycles. The Hall–Kier alpha value is -2.82. The summed E-state index contributed by atoms with van der Waals surface area (Å²) in [5.41, 5.74) is 1.58. The largest absolute Gasteiger partial charge is 0.494 e. The minimum Gasteiger partial charge on any atom is -0.494 e. The van der Waals surface area contributed by atoms with Gasteiger partial charge in [0.15, 0.2) is 0 Å². The summed E-state index contributed by atoms with van der Waals surface area (Å²) in [6, 6.07) is 13.6. The number of carbonyl (C=O) groups is 2. The number of rotatable bonds is 7. The van der Waals surface area contributed by atoms with Crippen LogP contribution < -0.4 is 10.1 Å². The van der Waals surface area contributed by atoms with E-state index in [1.54, 1.807) is 48.5 Å². The molecule has 132 valence electrons. The van der Waals surface area contributed by atoms with Gasteiger partial charge >= 0.3 is 5.97 Å². The first kappa shape index (κ1) is 18.5. The van der Waals surface area contributed by atoms with Gasteiger partial charge in [-0.2, -0.15) is 0 Å². The fourth-order valence-electron chi connectivity index (χ4n) is 2.13. The van der Waals surface area contributed by atoms with Crippen LogP contribution in [0, 0.1) is 5.92 Å². The second-order valence-electron chi connectivity index (χ2n) is 6.08. The van der Waals surface area contributed by atoms with Gasteiger partial charge in [-0.05, 0) is 60.9 Å². The summed E-state index contributed by atoms with van der Waals surface area (Å²) >= 11 is 0. The minimum atomic E-state index is -0.411. The third-order valence-electron chi connectivity index (χ3n) is 3.64. The number of ether oxygens (including phenoxy) is 2. The van der Waals surface area contributed by atoms with Crippen LogP contribution in [0.1, 0.15) is 41.0 Å². The zero-order valence-electron chi connectivity index (χ0n) is 14.7. The summed E-state index contributed by atoms with van der Waals surface area (Å²) in [7, 11) is 1.33. The van der Waals surface area contributed by atoms with Gasteiger partial charge in [0.25, 0.3) is 5.91 Å². The fraction of sp³-hybridized carbons (Fsp3) is 0.300. The van der Waals surface area contributed by atoms with Crippen molar-refractivity contribution in [1.82, 2.24) is 0 Å². The number of carbonyl (C=O) groups excluding carboxylic acids is 2. The second kappa shape index (κ2) is 8.87.